The number of carbonyl (C=O) groups excluding carboxylic acids is 5. The fraction of sp³-hybridized carbons (Fsp3) is 0.550. The van der Waals surface area contributed by atoms with E-state index in [1.54, 1.807) is 13.8 Å². The van der Waals surface area contributed by atoms with Crippen LogP contribution in [-0.4, -0.2) is 70.3 Å². The predicted octanol–water partition coefficient (Wildman–Crippen LogP) is 3.38. The van der Waals surface area contributed by atoms with Gasteiger partial charge in [-0.3, -0.25) is 14.5 Å². The lowest BCUT2D eigenvalue weighted by Gasteiger charge is -2.48. The Kier molecular flexibility index (Phi) is 12.2. The van der Waals surface area contributed by atoms with Crippen molar-refractivity contribution in [3.05, 3.63) is 22.8 Å². The summed E-state index contributed by atoms with van der Waals surface area (Å²) in [6.45, 7) is 7.89. The molecule has 1 heterocycles. The molecule has 3 unspecified atom stereocenters. The first-order valence-corrected chi connectivity index (χ1v) is 12.0. The van der Waals surface area contributed by atoms with Crippen molar-refractivity contribution in [3.8, 4) is 0 Å². The molecule has 202 valence electrons. The highest BCUT2D eigenvalue weighted by Crippen LogP contribution is 2.44. The van der Waals surface area contributed by atoms with Crippen molar-refractivity contribution in [3.63, 3.8) is 0 Å². The van der Waals surface area contributed by atoms with E-state index in [4.69, 9.17) is 59.5 Å². The van der Waals surface area contributed by atoms with Crippen molar-refractivity contribution in [1.82, 2.24) is 4.90 Å². The highest BCUT2D eigenvalue weighted by atomic mass is 35.6. The van der Waals surface area contributed by atoms with E-state index in [9.17, 15) is 24.0 Å². The van der Waals surface area contributed by atoms with Gasteiger partial charge in [0, 0.05) is 11.8 Å². The zero-order valence-electron chi connectivity index (χ0n) is 19.7. The number of β-lactam (4-membered cyclic amide) rings is 1. The number of carbonyl (C=O) groups is 5. The second kappa shape index (κ2) is 13.8. The largest absolute Gasteiger partial charge is 0.508 e. The SMILES string of the molecule is C=C(COC(N)=O)SC1C(C(C)OC(=O)OCC(Cl)(Cl)Cl)C(=O)N1C(C(=O)OCOC(C)=O)=C(C)C. The minimum atomic E-state index is -1.87. The summed E-state index contributed by atoms with van der Waals surface area (Å²) in [4.78, 5) is 61.1. The molecule has 12 nitrogen and oxygen atoms in total. The second-order valence-electron chi connectivity index (χ2n) is 7.40. The first kappa shape index (κ1) is 31.7. The van der Waals surface area contributed by atoms with E-state index in [2.05, 4.69) is 11.3 Å². The molecule has 0 aromatic carbocycles. The standard InChI is InChI=1S/C20H25Cl3N2O10S/c1-9(2)14(17(28)34-8-33-12(5)26)25-15(27)13(16(25)36-10(3)6-31-18(24)29)11(4)35-19(30)32-7-20(21,22)23/h11,13,16H,3,6-8H2,1-2,4-5H3,(H2,24,29). The number of allylic oxidation sites excluding steroid dienone is 1. The zero-order valence-corrected chi connectivity index (χ0v) is 22.8. The summed E-state index contributed by atoms with van der Waals surface area (Å²) in [5.74, 6) is -3.20. The molecule has 0 radical (unpaired) electrons. The summed E-state index contributed by atoms with van der Waals surface area (Å²) < 4.78 is 22.3. The summed E-state index contributed by atoms with van der Waals surface area (Å²) in [7, 11) is 0. The fourth-order valence-corrected chi connectivity index (χ4v) is 4.25. The van der Waals surface area contributed by atoms with Gasteiger partial charge in [0.15, 0.2) is 0 Å². The van der Waals surface area contributed by atoms with Crippen molar-refractivity contribution in [2.24, 2.45) is 11.7 Å². The number of likely N-dealkylation sites (tertiary alicyclic amines) is 1. The molecule has 1 rings (SSSR count). The van der Waals surface area contributed by atoms with Crippen molar-refractivity contribution >= 4 is 76.7 Å². The minimum absolute atomic E-state index is 0.129. The molecule has 0 bridgehead atoms. The molecular formula is C20H25Cl3N2O10S. The molecule has 0 saturated carbocycles. The van der Waals surface area contributed by atoms with Crippen LogP contribution in [0.2, 0.25) is 0 Å². The van der Waals surface area contributed by atoms with Gasteiger partial charge in [-0.25, -0.2) is 14.4 Å². The molecule has 1 fully saturated rings. The number of ether oxygens (including phenoxy) is 5. The molecule has 0 aromatic heterocycles. The van der Waals surface area contributed by atoms with Crippen molar-refractivity contribution in [1.29, 1.82) is 0 Å². The number of hydrogen-bond donors (Lipinski definition) is 1. The summed E-state index contributed by atoms with van der Waals surface area (Å²) >= 11 is 17.6. The maximum absolute atomic E-state index is 13.1. The van der Waals surface area contributed by atoms with Gasteiger partial charge in [-0.2, -0.15) is 0 Å². The number of esters is 2. The van der Waals surface area contributed by atoms with Crippen LogP contribution in [0, 0.1) is 5.92 Å². The summed E-state index contributed by atoms with van der Waals surface area (Å²) in [5, 5.41) is -0.858. The van der Waals surface area contributed by atoms with Crippen molar-refractivity contribution in [2.75, 3.05) is 20.0 Å². The Bertz CT molecular complexity index is 933. The van der Waals surface area contributed by atoms with Crippen molar-refractivity contribution in [2.45, 2.75) is 43.0 Å². The molecule has 0 aromatic rings. The number of halogens is 3. The lowest BCUT2D eigenvalue weighted by molar-refractivity contribution is -0.169. The number of alkyl halides is 3. The van der Waals surface area contributed by atoms with Gasteiger partial charge in [0.25, 0.3) is 0 Å². The Morgan fingerprint density at radius 1 is 1.11 bits per heavy atom. The Morgan fingerprint density at radius 2 is 1.72 bits per heavy atom. The summed E-state index contributed by atoms with van der Waals surface area (Å²) in [6, 6.07) is 0. The van der Waals surface area contributed by atoms with E-state index in [1.807, 2.05) is 0 Å². The molecular weight excluding hydrogens is 567 g/mol. The van der Waals surface area contributed by atoms with Crippen LogP contribution in [0.5, 0.6) is 0 Å². The minimum Gasteiger partial charge on any atom is -0.444 e. The van der Waals surface area contributed by atoms with Crippen LogP contribution >= 0.6 is 46.6 Å². The van der Waals surface area contributed by atoms with E-state index in [1.165, 1.54) is 6.92 Å². The molecule has 1 aliphatic rings. The third-order valence-corrected chi connectivity index (χ3v) is 5.77. The molecule has 36 heavy (non-hydrogen) atoms. The molecule has 1 aliphatic heterocycles. The fourth-order valence-electron chi connectivity index (χ4n) is 2.82. The predicted molar refractivity (Wildman–Crippen MR) is 130 cm³/mol. The van der Waals surface area contributed by atoms with E-state index in [0.717, 1.165) is 23.6 Å². The normalized spacial score (nSPS) is 17.8. The van der Waals surface area contributed by atoms with Gasteiger partial charge in [0.2, 0.25) is 16.5 Å². The van der Waals surface area contributed by atoms with Gasteiger partial charge < -0.3 is 29.4 Å². The quantitative estimate of drug-likeness (QED) is 0.0936. The highest BCUT2D eigenvalue weighted by molar-refractivity contribution is 8.03. The van der Waals surface area contributed by atoms with Gasteiger partial charge in [-0.05, 0) is 26.3 Å². The van der Waals surface area contributed by atoms with Crippen LogP contribution in [0.3, 0.4) is 0 Å². The Hall–Kier alpha value is -2.35. The molecule has 3 atom stereocenters. The third kappa shape index (κ3) is 9.96. The average Bonchev–Trinajstić information content (AvgIpc) is 2.72. The summed E-state index contributed by atoms with van der Waals surface area (Å²) in [5.41, 5.74) is 5.24. The number of nitrogens with zero attached hydrogens (tertiary/aromatic N) is 1. The van der Waals surface area contributed by atoms with Gasteiger partial charge in [0.1, 0.15) is 36.3 Å². The maximum atomic E-state index is 13.1. The number of thioether (sulfide) groups is 1. The first-order chi connectivity index (χ1) is 16.5. The zero-order chi connectivity index (χ0) is 27.8. The van der Waals surface area contributed by atoms with E-state index in [0.29, 0.717) is 5.57 Å². The number of primary amides is 1. The maximum Gasteiger partial charge on any atom is 0.508 e. The Labute approximate surface area is 226 Å². The van der Waals surface area contributed by atoms with E-state index < -0.39 is 64.7 Å². The first-order valence-electron chi connectivity index (χ1n) is 10.0. The summed E-state index contributed by atoms with van der Waals surface area (Å²) in [6.07, 6.45) is -3.29. The van der Waals surface area contributed by atoms with Gasteiger partial charge in [-0.1, -0.05) is 41.4 Å². The Balaban J connectivity index is 3.12. The van der Waals surface area contributed by atoms with E-state index >= 15 is 0 Å². The van der Waals surface area contributed by atoms with Crippen molar-refractivity contribution < 1.29 is 47.7 Å². The third-order valence-electron chi connectivity index (χ3n) is 4.25. The Morgan fingerprint density at radius 3 is 2.22 bits per heavy atom. The molecule has 2 N–H and O–H groups in total. The lowest BCUT2D eigenvalue weighted by Crippen LogP contribution is -2.63. The highest BCUT2D eigenvalue weighted by Gasteiger charge is 2.55. The van der Waals surface area contributed by atoms with Crippen LogP contribution in [0.15, 0.2) is 22.8 Å². The van der Waals surface area contributed by atoms with Crippen LogP contribution in [-0.2, 0) is 38.1 Å². The monoisotopic (exact) mass is 590 g/mol. The number of rotatable bonds is 11. The van der Waals surface area contributed by atoms with Crippen LogP contribution in [0.4, 0.5) is 9.59 Å². The van der Waals surface area contributed by atoms with Gasteiger partial charge >= 0.3 is 24.2 Å². The second-order valence-corrected chi connectivity index (χ2v) is 11.2. The van der Waals surface area contributed by atoms with Gasteiger partial charge in [-0.15, -0.1) is 11.8 Å². The molecule has 0 aliphatic carbocycles. The van der Waals surface area contributed by atoms with Crippen LogP contribution in [0.25, 0.3) is 0 Å². The molecule has 0 spiro atoms. The molecule has 2 amide bonds. The van der Waals surface area contributed by atoms with Gasteiger partial charge in [0.05, 0.1) is 0 Å². The van der Waals surface area contributed by atoms with Crippen LogP contribution < -0.4 is 5.73 Å². The average molecular weight is 592 g/mol. The smallest absolute Gasteiger partial charge is 0.444 e. The topological polar surface area (TPSA) is 161 Å². The van der Waals surface area contributed by atoms with Crippen LogP contribution in [0.1, 0.15) is 27.7 Å². The number of nitrogens with two attached hydrogens (primary N) is 1. The molecule has 1 saturated heterocycles. The number of hydrogen-bond acceptors (Lipinski definition) is 11. The number of amides is 2. The van der Waals surface area contributed by atoms with E-state index in [-0.39, 0.29) is 17.2 Å². The molecule has 16 heteroatoms. The lowest BCUT2D eigenvalue weighted by atomic mass is 9.91.